The molecule has 0 saturated carbocycles. The zero-order valence-corrected chi connectivity index (χ0v) is 12.7. The van der Waals surface area contributed by atoms with Crippen molar-refractivity contribution in [3.05, 3.63) is 30.5 Å². The second-order valence-corrected chi connectivity index (χ2v) is 7.05. The SMILES string of the molecule is CC(COc1ccc(S(=O)(=O)Cl)c2cccnc12)C(N)=O. The Bertz CT molecular complexity index is 792. The van der Waals surface area contributed by atoms with Crippen molar-refractivity contribution in [1.29, 1.82) is 0 Å². The Morgan fingerprint density at radius 1 is 1.43 bits per heavy atom. The third-order valence-electron chi connectivity index (χ3n) is 2.93. The lowest BCUT2D eigenvalue weighted by Gasteiger charge is -2.12. The van der Waals surface area contributed by atoms with Crippen molar-refractivity contribution in [1.82, 2.24) is 4.98 Å². The summed E-state index contributed by atoms with van der Waals surface area (Å²) in [6.45, 7) is 1.71. The normalized spacial score (nSPS) is 13.0. The Kier molecular flexibility index (Phi) is 4.34. The molecule has 0 bridgehead atoms. The largest absolute Gasteiger partial charge is 0.490 e. The first-order valence-corrected chi connectivity index (χ1v) is 8.36. The van der Waals surface area contributed by atoms with Crippen LogP contribution in [0.2, 0.25) is 0 Å². The van der Waals surface area contributed by atoms with Crippen molar-refractivity contribution in [2.75, 3.05) is 6.61 Å². The van der Waals surface area contributed by atoms with Gasteiger partial charge in [0.05, 0.1) is 17.4 Å². The zero-order chi connectivity index (χ0) is 15.6. The van der Waals surface area contributed by atoms with E-state index in [1.54, 1.807) is 19.1 Å². The topological polar surface area (TPSA) is 99.3 Å². The molecule has 0 saturated heterocycles. The van der Waals surface area contributed by atoms with E-state index in [1.807, 2.05) is 0 Å². The second kappa shape index (κ2) is 5.87. The lowest BCUT2D eigenvalue weighted by atomic mass is 10.2. The van der Waals surface area contributed by atoms with Gasteiger partial charge in [0, 0.05) is 22.3 Å². The summed E-state index contributed by atoms with van der Waals surface area (Å²) in [7, 11) is 1.51. The molecule has 8 heteroatoms. The molecule has 0 aliphatic carbocycles. The monoisotopic (exact) mass is 328 g/mol. The summed E-state index contributed by atoms with van der Waals surface area (Å²) in [6.07, 6.45) is 1.51. The molecule has 1 aromatic heterocycles. The summed E-state index contributed by atoms with van der Waals surface area (Å²) in [5.41, 5.74) is 5.52. The van der Waals surface area contributed by atoms with Gasteiger partial charge in [0.25, 0.3) is 9.05 Å². The molecule has 1 unspecified atom stereocenters. The van der Waals surface area contributed by atoms with Gasteiger partial charge in [-0.2, -0.15) is 0 Å². The van der Waals surface area contributed by atoms with Gasteiger partial charge < -0.3 is 10.5 Å². The fourth-order valence-corrected chi connectivity index (χ4v) is 2.81. The summed E-state index contributed by atoms with van der Waals surface area (Å²) in [6, 6.07) is 5.99. The number of hydrogen-bond acceptors (Lipinski definition) is 5. The lowest BCUT2D eigenvalue weighted by molar-refractivity contribution is -0.122. The van der Waals surface area contributed by atoms with E-state index in [0.717, 1.165) is 0 Å². The van der Waals surface area contributed by atoms with Gasteiger partial charge in [-0.25, -0.2) is 8.42 Å². The maximum absolute atomic E-state index is 11.5. The number of hydrogen-bond donors (Lipinski definition) is 1. The summed E-state index contributed by atoms with van der Waals surface area (Å²) >= 11 is 0. The van der Waals surface area contributed by atoms with Crippen LogP contribution >= 0.6 is 10.7 Å². The maximum Gasteiger partial charge on any atom is 0.261 e. The lowest BCUT2D eigenvalue weighted by Crippen LogP contribution is -2.25. The smallest absolute Gasteiger partial charge is 0.261 e. The highest BCUT2D eigenvalue weighted by Gasteiger charge is 2.18. The van der Waals surface area contributed by atoms with Gasteiger partial charge in [0.15, 0.2) is 0 Å². The number of carbonyl (C=O) groups is 1. The Balaban J connectivity index is 2.46. The molecule has 2 N–H and O–H groups in total. The Morgan fingerprint density at radius 3 is 2.76 bits per heavy atom. The molecule has 0 fully saturated rings. The molecule has 1 heterocycles. The van der Waals surface area contributed by atoms with Crippen LogP contribution in [0.4, 0.5) is 0 Å². The fourth-order valence-electron chi connectivity index (χ4n) is 1.75. The Morgan fingerprint density at radius 2 is 2.14 bits per heavy atom. The number of nitrogens with zero attached hydrogens (tertiary/aromatic N) is 1. The molecular weight excluding hydrogens is 316 g/mol. The number of amides is 1. The fraction of sp³-hybridized carbons (Fsp3) is 0.231. The third kappa shape index (κ3) is 3.43. The van der Waals surface area contributed by atoms with Crippen molar-refractivity contribution in [3.63, 3.8) is 0 Å². The number of ether oxygens (including phenoxy) is 1. The van der Waals surface area contributed by atoms with Gasteiger partial charge in [-0.1, -0.05) is 6.92 Å². The summed E-state index contributed by atoms with van der Waals surface area (Å²) in [5.74, 6) is -0.588. The van der Waals surface area contributed by atoms with Crippen LogP contribution in [-0.2, 0) is 13.8 Å². The minimum Gasteiger partial charge on any atom is -0.490 e. The highest BCUT2D eigenvalue weighted by molar-refractivity contribution is 8.14. The quantitative estimate of drug-likeness (QED) is 0.841. The molecular formula is C13H13ClN2O4S. The highest BCUT2D eigenvalue weighted by atomic mass is 35.7. The molecule has 2 rings (SSSR count). The van der Waals surface area contributed by atoms with E-state index in [0.29, 0.717) is 16.7 Å². The van der Waals surface area contributed by atoms with E-state index in [1.165, 1.54) is 18.3 Å². The predicted molar refractivity (Wildman–Crippen MR) is 78.6 cm³/mol. The minimum atomic E-state index is -3.89. The summed E-state index contributed by atoms with van der Waals surface area (Å²) in [4.78, 5) is 15.1. The van der Waals surface area contributed by atoms with Crippen molar-refractivity contribution in [2.24, 2.45) is 11.7 Å². The van der Waals surface area contributed by atoms with Gasteiger partial charge in [-0.05, 0) is 24.3 Å². The highest BCUT2D eigenvalue weighted by Crippen LogP contribution is 2.31. The number of rotatable bonds is 5. The van der Waals surface area contributed by atoms with E-state index in [2.05, 4.69) is 4.98 Å². The molecule has 0 radical (unpaired) electrons. The van der Waals surface area contributed by atoms with Crippen molar-refractivity contribution in [2.45, 2.75) is 11.8 Å². The molecule has 2 aromatic rings. The standard InChI is InChI=1S/C13H13ClN2O4S/c1-8(13(15)17)7-20-10-4-5-11(21(14,18)19)9-3-2-6-16-12(9)10/h2-6,8H,7H2,1H3,(H2,15,17). The first-order chi connectivity index (χ1) is 9.80. The number of nitrogens with two attached hydrogens (primary N) is 1. The van der Waals surface area contributed by atoms with Gasteiger partial charge in [0.2, 0.25) is 5.91 Å². The van der Waals surface area contributed by atoms with Crippen LogP contribution in [0.3, 0.4) is 0 Å². The number of carbonyl (C=O) groups excluding carboxylic acids is 1. The minimum absolute atomic E-state index is 0.0393. The Labute approximate surface area is 126 Å². The summed E-state index contributed by atoms with van der Waals surface area (Å²) in [5, 5.41) is 0.358. The molecule has 0 spiro atoms. The first kappa shape index (κ1) is 15.5. The number of halogens is 1. The van der Waals surface area contributed by atoms with E-state index in [-0.39, 0.29) is 11.5 Å². The molecule has 112 valence electrons. The van der Waals surface area contributed by atoms with E-state index in [9.17, 15) is 13.2 Å². The van der Waals surface area contributed by atoms with Crippen LogP contribution in [0.15, 0.2) is 35.4 Å². The molecule has 1 aromatic carbocycles. The van der Waals surface area contributed by atoms with Crippen LogP contribution in [0, 0.1) is 5.92 Å². The zero-order valence-electron chi connectivity index (χ0n) is 11.1. The predicted octanol–water partition coefficient (Wildman–Crippen LogP) is 1.66. The van der Waals surface area contributed by atoms with Crippen LogP contribution in [-0.4, -0.2) is 25.9 Å². The maximum atomic E-state index is 11.5. The average Bonchev–Trinajstić information content (AvgIpc) is 2.42. The van der Waals surface area contributed by atoms with Crippen molar-refractivity contribution in [3.8, 4) is 5.75 Å². The van der Waals surface area contributed by atoms with Gasteiger partial charge in [-0.15, -0.1) is 0 Å². The van der Waals surface area contributed by atoms with Crippen LogP contribution in [0.5, 0.6) is 5.75 Å². The molecule has 21 heavy (non-hydrogen) atoms. The number of pyridine rings is 1. The summed E-state index contributed by atoms with van der Waals surface area (Å²) < 4.78 is 28.6. The molecule has 1 amide bonds. The van der Waals surface area contributed by atoms with Gasteiger partial charge >= 0.3 is 0 Å². The van der Waals surface area contributed by atoms with Crippen molar-refractivity contribution < 1.29 is 17.9 Å². The van der Waals surface area contributed by atoms with Crippen LogP contribution < -0.4 is 10.5 Å². The molecule has 1 atom stereocenters. The Hall–Kier alpha value is -1.86. The van der Waals surface area contributed by atoms with Gasteiger partial charge in [0.1, 0.15) is 11.3 Å². The number of benzene rings is 1. The molecule has 6 nitrogen and oxygen atoms in total. The van der Waals surface area contributed by atoms with E-state index >= 15 is 0 Å². The molecule has 0 aliphatic rings. The average molecular weight is 329 g/mol. The molecule has 0 aliphatic heterocycles. The number of fused-ring (bicyclic) bond motifs is 1. The van der Waals surface area contributed by atoms with Crippen LogP contribution in [0.1, 0.15) is 6.92 Å². The second-order valence-electron chi connectivity index (χ2n) is 4.51. The number of primary amides is 1. The van der Waals surface area contributed by atoms with Crippen LogP contribution in [0.25, 0.3) is 10.9 Å². The number of aromatic nitrogens is 1. The third-order valence-corrected chi connectivity index (χ3v) is 4.31. The van der Waals surface area contributed by atoms with Crippen molar-refractivity contribution >= 4 is 36.5 Å². The van der Waals surface area contributed by atoms with E-state index in [4.69, 9.17) is 21.2 Å². The van der Waals surface area contributed by atoms with Gasteiger partial charge in [-0.3, -0.25) is 9.78 Å². The van der Waals surface area contributed by atoms with E-state index < -0.39 is 20.9 Å². The first-order valence-electron chi connectivity index (χ1n) is 6.05.